The lowest BCUT2D eigenvalue weighted by Crippen LogP contribution is -1.92. The van der Waals surface area contributed by atoms with E-state index in [4.69, 9.17) is 14.3 Å². The highest BCUT2D eigenvalue weighted by Crippen LogP contribution is 2.16. The van der Waals surface area contributed by atoms with Gasteiger partial charge in [0.15, 0.2) is 11.5 Å². The molecule has 1 aromatic rings. The van der Waals surface area contributed by atoms with Crippen LogP contribution >= 0.6 is 0 Å². The summed E-state index contributed by atoms with van der Waals surface area (Å²) in [6.45, 7) is 5.86. The van der Waals surface area contributed by atoms with E-state index >= 15 is 0 Å². The molecule has 1 rings (SSSR count). The smallest absolute Gasteiger partial charge is 0.338 e. The number of hydrogen-bond donors (Lipinski definition) is 1. The van der Waals surface area contributed by atoms with Crippen molar-refractivity contribution < 1.29 is 19.1 Å². The molecule has 0 spiro atoms. The van der Waals surface area contributed by atoms with E-state index in [0.717, 1.165) is 6.26 Å². The average molecular weight is 182 g/mol. The van der Waals surface area contributed by atoms with Crippen LogP contribution in [0, 0.1) is 0 Å². The molecule has 13 heavy (non-hydrogen) atoms. The summed E-state index contributed by atoms with van der Waals surface area (Å²) in [5.74, 6) is -0.339. The number of carboxylic acid groups (broad SMARTS) is 1. The number of furan rings is 1. The lowest BCUT2D eigenvalue weighted by Gasteiger charge is -2.01. The van der Waals surface area contributed by atoms with Gasteiger partial charge in [0.25, 0.3) is 0 Å². The summed E-state index contributed by atoms with van der Waals surface area (Å²) in [5.41, 5.74) is 0.0934. The molecule has 1 aromatic heterocycles. The van der Waals surface area contributed by atoms with Gasteiger partial charge in [0, 0.05) is 6.07 Å². The Hall–Kier alpha value is -1.71. The maximum absolute atomic E-state index is 10.5. The Morgan fingerprint density at radius 2 is 2.46 bits per heavy atom. The van der Waals surface area contributed by atoms with Crippen LogP contribution in [0.4, 0.5) is 0 Å². The quantitative estimate of drug-likeness (QED) is 0.723. The van der Waals surface area contributed by atoms with Crippen LogP contribution in [-0.2, 0) is 4.74 Å². The maximum atomic E-state index is 10.5. The highest BCUT2D eigenvalue weighted by atomic mass is 16.5. The minimum Gasteiger partial charge on any atom is -0.491 e. The normalized spacial score (nSPS) is 9.62. The first-order valence-electron chi connectivity index (χ1n) is 3.79. The molecule has 1 heterocycles. The van der Waals surface area contributed by atoms with Gasteiger partial charge < -0.3 is 14.3 Å². The third-order valence-electron chi connectivity index (χ3n) is 1.44. The fourth-order valence-corrected chi connectivity index (χ4v) is 0.840. The zero-order valence-electron chi connectivity index (χ0n) is 7.24. The van der Waals surface area contributed by atoms with E-state index in [9.17, 15) is 4.79 Å². The molecule has 0 bridgehead atoms. The topological polar surface area (TPSA) is 59.7 Å². The number of carboxylic acids is 1. The number of carbonyl (C=O) groups is 1. The first-order valence-corrected chi connectivity index (χ1v) is 3.79. The summed E-state index contributed by atoms with van der Waals surface area (Å²) in [4.78, 5) is 10.5. The van der Waals surface area contributed by atoms with Gasteiger partial charge in [-0.05, 0) is 6.92 Å². The summed E-state index contributed by atoms with van der Waals surface area (Å²) < 4.78 is 9.97. The van der Waals surface area contributed by atoms with Gasteiger partial charge in [-0.1, -0.05) is 6.58 Å². The monoisotopic (exact) mass is 182 g/mol. The van der Waals surface area contributed by atoms with E-state index in [-0.39, 0.29) is 5.56 Å². The Morgan fingerprint density at radius 1 is 1.77 bits per heavy atom. The molecule has 0 saturated carbocycles. The largest absolute Gasteiger partial charge is 0.491 e. The van der Waals surface area contributed by atoms with Crippen molar-refractivity contribution in [3.05, 3.63) is 30.2 Å². The van der Waals surface area contributed by atoms with Crippen molar-refractivity contribution in [2.24, 2.45) is 0 Å². The van der Waals surface area contributed by atoms with E-state index < -0.39 is 5.97 Å². The number of ether oxygens (including phenoxy) is 1. The van der Waals surface area contributed by atoms with Crippen molar-refractivity contribution in [3.63, 3.8) is 0 Å². The third-order valence-corrected chi connectivity index (χ3v) is 1.44. The van der Waals surface area contributed by atoms with Gasteiger partial charge in [0.2, 0.25) is 0 Å². The molecular weight excluding hydrogens is 172 g/mol. The van der Waals surface area contributed by atoms with Crippen LogP contribution in [0.25, 0.3) is 5.76 Å². The second kappa shape index (κ2) is 3.80. The Bertz CT molecular complexity index is 324. The molecule has 0 atom stereocenters. The Labute approximate surface area is 75.4 Å². The van der Waals surface area contributed by atoms with Gasteiger partial charge >= 0.3 is 5.97 Å². The molecular formula is C9H10O4. The molecule has 0 fully saturated rings. The minimum absolute atomic E-state index is 0.0934. The van der Waals surface area contributed by atoms with E-state index in [1.807, 2.05) is 6.92 Å². The van der Waals surface area contributed by atoms with Gasteiger partial charge in [0.1, 0.15) is 6.26 Å². The molecule has 0 aliphatic heterocycles. The van der Waals surface area contributed by atoms with E-state index in [1.54, 1.807) is 0 Å². The van der Waals surface area contributed by atoms with Gasteiger partial charge in [-0.25, -0.2) is 4.79 Å². The van der Waals surface area contributed by atoms with E-state index in [2.05, 4.69) is 6.58 Å². The number of aromatic carboxylic acids is 1. The standard InChI is InChI=1S/C9H10O4/c1-3-12-6(2)8-4-7(5-13-8)9(10)11/h4-5H,2-3H2,1H3,(H,10,11). The van der Waals surface area contributed by atoms with Crippen LogP contribution in [0.1, 0.15) is 23.0 Å². The van der Waals surface area contributed by atoms with Crippen molar-refractivity contribution in [2.75, 3.05) is 6.61 Å². The lowest BCUT2D eigenvalue weighted by molar-refractivity contribution is 0.0696. The predicted octanol–water partition coefficient (Wildman–Crippen LogP) is 1.99. The first kappa shape index (κ1) is 9.38. The minimum atomic E-state index is -1.03. The van der Waals surface area contributed by atoms with Crippen molar-refractivity contribution >= 4 is 11.7 Å². The molecule has 0 aliphatic rings. The Kier molecular flexibility index (Phi) is 2.74. The molecule has 4 nitrogen and oxygen atoms in total. The van der Waals surface area contributed by atoms with Gasteiger partial charge in [-0.15, -0.1) is 0 Å². The van der Waals surface area contributed by atoms with Gasteiger partial charge in [-0.2, -0.15) is 0 Å². The van der Waals surface area contributed by atoms with Crippen molar-refractivity contribution in [2.45, 2.75) is 6.92 Å². The van der Waals surface area contributed by atoms with Crippen LogP contribution in [0.5, 0.6) is 0 Å². The maximum Gasteiger partial charge on any atom is 0.338 e. The van der Waals surface area contributed by atoms with E-state index in [0.29, 0.717) is 18.1 Å². The number of rotatable bonds is 4. The Morgan fingerprint density at radius 3 is 2.92 bits per heavy atom. The van der Waals surface area contributed by atoms with Crippen LogP contribution < -0.4 is 0 Å². The molecule has 0 aliphatic carbocycles. The third kappa shape index (κ3) is 2.11. The van der Waals surface area contributed by atoms with Gasteiger partial charge in [-0.3, -0.25) is 0 Å². The summed E-state index contributed by atoms with van der Waals surface area (Å²) in [5, 5.41) is 8.58. The second-order valence-electron chi connectivity index (χ2n) is 2.36. The molecule has 0 aromatic carbocycles. The highest BCUT2D eigenvalue weighted by Gasteiger charge is 2.10. The zero-order chi connectivity index (χ0) is 9.84. The van der Waals surface area contributed by atoms with Crippen LogP contribution in [-0.4, -0.2) is 17.7 Å². The summed E-state index contributed by atoms with van der Waals surface area (Å²) in [6, 6.07) is 1.38. The summed E-state index contributed by atoms with van der Waals surface area (Å²) in [7, 11) is 0. The molecule has 0 unspecified atom stereocenters. The summed E-state index contributed by atoms with van der Waals surface area (Å²) in [6.07, 6.45) is 1.15. The molecule has 0 radical (unpaired) electrons. The van der Waals surface area contributed by atoms with Crippen molar-refractivity contribution in [3.8, 4) is 0 Å². The lowest BCUT2D eigenvalue weighted by atomic mass is 10.3. The average Bonchev–Trinajstić information content (AvgIpc) is 2.52. The fourth-order valence-electron chi connectivity index (χ4n) is 0.840. The first-order chi connectivity index (χ1) is 6.15. The van der Waals surface area contributed by atoms with Gasteiger partial charge in [0.05, 0.1) is 12.2 Å². The Balaban J connectivity index is 2.79. The predicted molar refractivity (Wildman–Crippen MR) is 46.3 cm³/mol. The highest BCUT2D eigenvalue weighted by molar-refractivity contribution is 5.87. The molecule has 70 valence electrons. The summed E-state index contributed by atoms with van der Waals surface area (Å²) >= 11 is 0. The van der Waals surface area contributed by atoms with Crippen molar-refractivity contribution in [1.29, 1.82) is 0 Å². The SMILES string of the molecule is C=C(OCC)c1cc(C(=O)O)co1. The number of hydrogen-bond acceptors (Lipinski definition) is 3. The van der Waals surface area contributed by atoms with Crippen LogP contribution in [0.15, 0.2) is 23.3 Å². The van der Waals surface area contributed by atoms with Crippen molar-refractivity contribution in [1.82, 2.24) is 0 Å². The molecule has 1 N–H and O–H groups in total. The van der Waals surface area contributed by atoms with Crippen LogP contribution in [0.3, 0.4) is 0 Å². The van der Waals surface area contributed by atoms with E-state index in [1.165, 1.54) is 6.07 Å². The molecule has 0 amide bonds. The van der Waals surface area contributed by atoms with Crippen LogP contribution in [0.2, 0.25) is 0 Å². The fraction of sp³-hybridized carbons (Fsp3) is 0.222. The second-order valence-corrected chi connectivity index (χ2v) is 2.36. The molecule has 0 saturated heterocycles. The zero-order valence-corrected chi connectivity index (χ0v) is 7.24. The molecule has 4 heteroatoms.